The van der Waals surface area contributed by atoms with Gasteiger partial charge in [0.05, 0.1) is 0 Å². The molecule has 0 N–H and O–H groups in total. The number of hydrogen-bond donors (Lipinski definition) is 0. The molecule has 3 aromatic rings. The molecule has 27 heavy (non-hydrogen) atoms. The molecule has 4 rings (SSSR count). The van der Waals surface area contributed by atoms with Gasteiger partial charge in [-0.3, -0.25) is 9.48 Å². The number of amides is 1. The highest BCUT2D eigenvalue weighted by Gasteiger charge is 2.31. The SMILES string of the molecule is Cn1cnc(-c2ccc(C(=O)N3CCCC(C)(C)c4ccccc43)cc2)n1. The Morgan fingerprint density at radius 1 is 1.07 bits per heavy atom. The number of aryl methyl sites for hydroxylation is 1. The Morgan fingerprint density at radius 2 is 1.81 bits per heavy atom. The van der Waals surface area contributed by atoms with Crippen molar-refractivity contribution in [1.82, 2.24) is 14.8 Å². The highest BCUT2D eigenvalue weighted by Crippen LogP contribution is 2.39. The van der Waals surface area contributed by atoms with E-state index in [0.29, 0.717) is 11.4 Å². The van der Waals surface area contributed by atoms with Crippen LogP contribution in [0, 0.1) is 0 Å². The van der Waals surface area contributed by atoms with E-state index in [4.69, 9.17) is 0 Å². The van der Waals surface area contributed by atoms with E-state index < -0.39 is 0 Å². The first-order chi connectivity index (χ1) is 13.0. The molecule has 0 bridgehead atoms. The van der Waals surface area contributed by atoms with Gasteiger partial charge in [-0.15, -0.1) is 0 Å². The van der Waals surface area contributed by atoms with Crippen molar-refractivity contribution in [3.63, 3.8) is 0 Å². The van der Waals surface area contributed by atoms with Crippen LogP contribution in [0.25, 0.3) is 11.4 Å². The van der Waals surface area contributed by atoms with E-state index in [1.807, 2.05) is 42.3 Å². The van der Waals surface area contributed by atoms with E-state index in [9.17, 15) is 4.79 Å². The van der Waals surface area contributed by atoms with E-state index in [1.54, 1.807) is 11.0 Å². The summed E-state index contributed by atoms with van der Waals surface area (Å²) in [6.07, 6.45) is 3.73. The van der Waals surface area contributed by atoms with Crippen LogP contribution in [0.2, 0.25) is 0 Å². The predicted molar refractivity (Wildman–Crippen MR) is 107 cm³/mol. The molecule has 2 heterocycles. The summed E-state index contributed by atoms with van der Waals surface area (Å²) in [5, 5.41) is 4.31. The number of para-hydroxylation sites is 1. The molecule has 1 amide bonds. The summed E-state index contributed by atoms with van der Waals surface area (Å²) in [6, 6.07) is 15.8. The number of benzene rings is 2. The van der Waals surface area contributed by atoms with E-state index in [1.165, 1.54) is 5.56 Å². The number of carbonyl (C=O) groups excluding carboxylic acids is 1. The Morgan fingerprint density at radius 3 is 2.52 bits per heavy atom. The fraction of sp³-hybridized carbons (Fsp3) is 0.318. The molecule has 0 aliphatic carbocycles. The minimum absolute atomic E-state index is 0.0423. The molecule has 0 saturated heterocycles. The van der Waals surface area contributed by atoms with Crippen LogP contribution >= 0.6 is 0 Å². The fourth-order valence-corrected chi connectivity index (χ4v) is 3.82. The zero-order valence-electron chi connectivity index (χ0n) is 16.0. The third kappa shape index (κ3) is 3.25. The molecule has 1 aliphatic rings. The Hall–Kier alpha value is -2.95. The van der Waals surface area contributed by atoms with Gasteiger partial charge in [-0.05, 0) is 42.0 Å². The van der Waals surface area contributed by atoms with Crippen molar-refractivity contribution < 1.29 is 4.79 Å². The molecule has 1 aliphatic heterocycles. The average Bonchev–Trinajstić information content (AvgIpc) is 3.05. The lowest BCUT2D eigenvalue weighted by Gasteiger charge is -2.27. The number of nitrogens with zero attached hydrogens (tertiary/aromatic N) is 4. The summed E-state index contributed by atoms with van der Waals surface area (Å²) < 4.78 is 1.67. The quantitative estimate of drug-likeness (QED) is 0.688. The summed E-state index contributed by atoms with van der Waals surface area (Å²) in [5.74, 6) is 0.707. The highest BCUT2D eigenvalue weighted by atomic mass is 16.2. The van der Waals surface area contributed by atoms with Crippen LogP contribution in [0.3, 0.4) is 0 Å². The lowest BCUT2D eigenvalue weighted by Crippen LogP contribution is -2.31. The summed E-state index contributed by atoms with van der Waals surface area (Å²) in [4.78, 5) is 19.5. The van der Waals surface area contributed by atoms with E-state index in [-0.39, 0.29) is 11.3 Å². The molecule has 5 nitrogen and oxygen atoms in total. The van der Waals surface area contributed by atoms with Crippen LogP contribution in [0.4, 0.5) is 5.69 Å². The maximum absolute atomic E-state index is 13.3. The molecule has 0 radical (unpaired) electrons. The number of aromatic nitrogens is 3. The molecule has 0 fully saturated rings. The van der Waals surface area contributed by atoms with Gasteiger partial charge in [0.25, 0.3) is 5.91 Å². The molecule has 0 unspecified atom stereocenters. The van der Waals surface area contributed by atoms with Crippen LogP contribution in [0.5, 0.6) is 0 Å². The second-order valence-electron chi connectivity index (χ2n) is 7.78. The van der Waals surface area contributed by atoms with Gasteiger partial charge in [0.1, 0.15) is 6.33 Å². The highest BCUT2D eigenvalue weighted by molar-refractivity contribution is 6.06. The third-order valence-corrected chi connectivity index (χ3v) is 5.34. The zero-order chi connectivity index (χ0) is 19.0. The van der Waals surface area contributed by atoms with Gasteiger partial charge in [-0.1, -0.05) is 44.2 Å². The number of fused-ring (bicyclic) bond motifs is 1. The number of carbonyl (C=O) groups is 1. The van der Waals surface area contributed by atoms with Gasteiger partial charge < -0.3 is 4.90 Å². The number of rotatable bonds is 2. The molecular weight excluding hydrogens is 336 g/mol. The molecule has 0 spiro atoms. The monoisotopic (exact) mass is 360 g/mol. The summed E-state index contributed by atoms with van der Waals surface area (Å²) >= 11 is 0. The van der Waals surface area contributed by atoms with Gasteiger partial charge in [-0.25, -0.2) is 4.98 Å². The number of anilines is 1. The Bertz CT molecular complexity index is 972. The van der Waals surface area contributed by atoms with Crippen LogP contribution in [-0.4, -0.2) is 27.2 Å². The van der Waals surface area contributed by atoms with Crippen LogP contribution in [-0.2, 0) is 12.5 Å². The van der Waals surface area contributed by atoms with Crippen molar-refractivity contribution in [3.05, 3.63) is 66.0 Å². The van der Waals surface area contributed by atoms with Crippen LogP contribution in [0.15, 0.2) is 54.9 Å². The molecule has 0 atom stereocenters. The third-order valence-electron chi connectivity index (χ3n) is 5.34. The Kier molecular flexibility index (Phi) is 4.30. The van der Waals surface area contributed by atoms with Crippen molar-refractivity contribution >= 4 is 11.6 Å². The first kappa shape index (κ1) is 17.5. The van der Waals surface area contributed by atoms with Crippen LogP contribution < -0.4 is 4.90 Å². The van der Waals surface area contributed by atoms with Gasteiger partial charge in [0, 0.05) is 30.4 Å². The average molecular weight is 360 g/mol. The minimum atomic E-state index is 0.0423. The molecule has 138 valence electrons. The molecule has 2 aromatic carbocycles. The maximum Gasteiger partial charge on any atom is 0.258 e. The van der Waals surface area contributed by atoms with E-state index in [2.05, 4.69) is 42.1 Å². The normalized spacial score (nSPS) is 15.9. The molecular formula is C22H24N4O. The zero-order valence-corrected chi connectivity index (χ0v) is 16.0. The fourth-order valence-electron chi connectivity index (χ4n) is 3.82. The van der Waals surface area contributed by atoms with Crippen molar-refractivity contribution in [2.45, 2.75) is 32.1 Å². The molecule has 5 heteroatoms. The smallest absolute Gasteiger partial charge is 0.258 e. The topological polar surface area (TPSA) is 51.0 Å². The maximum atomic E-state index is 13.3. The standard InChI is InChI=1S/C22H24N4O/c1-22(2)13-6-14-26(19-8-5-4-7-18(19)22)21(27)17-11-9-16(10-12-17)20-23-15-25(3)24-20/h4-5,7-12,15H,6,13-14H2,1-3H3. The van der Waals surface area contributed by atoms with E-state index >= 15 is 0 Å². The first-order valence-electron chi connectivity index (χ1n) is 9.33. The predicted octanol–water partition coefficient (Wildman–Crippen LogP) is 4.20. The molecule has 0 saturated carbocycles. The largest absolute Gasteiger partial charge is 0.308 e. The summed E-state index contributed by atoms with van der Waals surface area (Å²) in [7, 11) is 1.84. The second kappa shape index (κ2) is 6.65. The van der Waals surface area contributed by atoms with Gasteiger partial charge in [0.15, 0.2) is 5.82 Å². The summed E-state index contributed by atoms with van der Waals surface area (Å²) in [6.45, 7) is 5.26. The minimum Gasteiger partial charge on any atom is -0.308 e. The first-order valence-corrected chi connectivity index (χ1v) is 9.33. The lowest BCUT2D eigenvalue weighted by atomic mass is 9.80. The van der Waals surface area contributed by atoms with Gasteiger partial charge in [0.2, 0.25) is 0 Å². The van der Waals surface area contributed by atoms with Gasteiger partial charge in [-0.2, -0.15) is 5.10 Å². The van der Waals surface area contributed by atoms with Crippen molar-refractivity contribution in [2.24, 2.45) is 7.05 Å². The van der Waals surface area contributed by atoms with Crippen molar-refractivity contribution in [3.8, 4) is 11.4 Å². The second-order valence-corrected chi connectivity index (χ2v) is 7.78. The molecule has 1 aromatic heterocycles. The Labute approximate surface area is 159 Å². The number of hydrogen-bond acceptors (Lipinski definition) is 3. The lowest BCUT2D eigenvalue weighted by molar-refractivity contribution is 0.0987. The van der Waals surface area contributed by atoms with Gasteiger partial charge >= 0.3 is 0 Å². The van der Waals surface area contributed by atoms with Crippen molar-refractivity contribution in [2.75, 3.05) is 11.4 Å². The van der Waals surface area contributed by atoms with Crippen LogP contribution in [0.1, 0.15) is 42.6 Å². The van der Waals surface area contributed by atoms with Crippen molar-refractivity contribution in [1.29, 1.82) is 0 Å². The Balaban J connectivity index is 1.66. The van der Waals surface area contributed by atoms with E-state index in [0.717, 1.165) is 30.6 Å². The summed E-state index contributed by atoms with van der Waals surface area (Å²) in [5.41, 5.74) is 3.93.